The van der Waals surface area contributed by atoms with Gasteiger partial charge in [-0.2, -0.15) is 0 Å². The summed E-state index contributed by atoms with van der Waals surface area (Å²) in [6.45, 7) is 2.08. The van der Waals surface area contributed by atoms with Gasteiger partial charge in [-0.3, -0.25) is 14.5 Å². The standard InChI is InChI=1S/C13H11N3O2S/c1-2-11-12(15-7-6-14-13(15)19-11)9-4-3-5-10(8-9)16(17)18/h3-8H,2H2,1H3. The maximum atomic E-state index is 10.9. The Hall–Kier alpha value is -2.21. The highest BCUT2D eigenvalue weighted by Gasteiger charge is 2.15. The van der Waals surface area contributed by atoms with E-state index in [0.29, 0.717) is 0 Å². The maximum absolute atomic E-state index is 10.9. The molecule has 0 radical (unpaired) electrons. The van der Waals surface area contributed by atoms with Crippen LogP contribution in [0.3, 0.4) is 0 Å². The van der Waals surface area contributed by atoms with Crippen LogP contribution in [0.4, 0.5) is 5.69 Å². The van der Waals surface area contributed by atoms with Crippen LogP contribution in [0.1, 0.15) is 11.8 Å². The van der Waals surface area contributed by atoms with Gasteiger partial charge in [0.25, 0.3) is 5.69 Å². The molecule has 96 valence electrons. The number of hydrogen-bond acceptors (Lipinski definition) is 4. The Morgan fingerprint density at radius 3 is 3.05 bits per heavy atom. The third-order valence-corrected chi connectivity index (χ3v) is 4.19. The summed E-state index contributed by atoms with van der Waals surface area (Å²) < 4.78 is 1.99. The molecule has 0 aliphatic carbocycles. The number of nitro groups is 1. The number of non-ortho nitro benzene ring substituents is 1. The lowest BCUT2D eigenvalue weighted by Crippen LogP contribution is -1.91. The van der Waals surface area contributed by atoms with E-state index in [4.69, 9.17) is 0 Å². The minimum atomic E-state index is -0.368. The third-order valence-electron chi connectivity index (χ3n) is 2.98. The van der Waals surface area contributed by atoms with Gasteiger partial charge < -0.3 is 0 Å². The molecule has 0 fully saturated rings. The van der Waals surface area contributed by atoms with Crippen LogP contribution in [0.2, 0.25) is 0 Å². The van der Waals surface area contributed by atoms with Gasteiger partial charge in [0.15, 0.2) is 4.96 Å². The molecule has 1 aromatic carbocycles. The molecule has 6 heteroatoms. The van der Waals surface area contributed by atoms with Crippen LogP contribution in [0.5, 0.6) is 0 Å². The second-order valence-corrected chi connectivity index (χ2v) is 5.18. The Morgan fingerprint density at radius 1 is 1.47 bits per heavy atom. The zero-order valence-electron chi connectivity index (χ0n) is 10.2. The van der Waals surface area contributed by atoms with Crippen molar-refractivity contribution in [1.82, 2.24) is 9.38 Å². The first-order valence-electron chi connectivity index (χ1n) is 5.90. The minimum absolute atomic E-state index is 0.110. The molecule has 0 unspecified atom stereocenters. The average molecular weight is 273 g/mol. The Bertz CT molecular complexity index is 760. The number of aryl methyl sites for hydroxylation is 1. The summed E-state index contributed by atoms with van der Waals surface area (Å²) in [6.07, 6.45) is 4.51. The van der Waals surface area contributed by atoms with Crippen molar-refractivity contribution >= 4 is 22.0 Å². The molecule has 0 atom stereocenters. The molecule has 0 spiro atoms. The quantitative estimate of drug-likeness (QED) is 0.541. The number of nitro benzene ring substituents is 1. The summed E-state index contributed by atoms with van der Waals surface area (Å²) in [5.41, 5.74) is 1.97. The van der Waals surface area contributed by atoms with Gasteiger partial charge in [-0.25, -0.2) is 4.98 Å². The Labute approximate surface area is 113 Å². The monoisotopic (exact) mass is 273 g/mol. The van der Waals surface area contributed by atoms with Gasteiger partial charge in [-0.05, 0) is 6.42 Å². The van der Waals surface area contributed by atoms with Gasteiger partial charge in [0.1, 0.15) is 0 Å². The van der Waals surface area contributed by atoms with Gasteiger partial charge in [0.2, 0.25) is 0 Å². The first-order chi connectivity index (χ1) is 9.20. The fraction of sp³-hybridized carbons (Fsp3) is 0.154. The van der Waals surface area contributed by atoms with Crippen LogP contribution in [0.25, 0.3) is 16.2 Å². The first kappa shape index (κ1) is 11.9. The van der Waals surface area contributed by atoms with E-state index in [2.05, 4.69) is 11.9 Å². The minimum Gasteiger partial charge on any atom is -0.290 e. The largest absolute Gasteiger partial charge is 0.290 e. The number of rotatable bonds is 3. The van der Waals surface area contributed by atoms with E-state index in [1.165, 1.54) is 10.9 Å². The van der Waals surface area contributed by atoms with Crippen molar-refractivity contribution in [3.8, 4) is 11.3 Å². The van der Waals surface area contributed by atoms with Gasteiger partial charge in [-0.15, -0.1) is 11.3 Å². The lowest BCUT2D eigenvalue weighted by atomic mass is 10.1. The molecular formula is C13H11N3O2S. The second-order valence-electron chi connectivity index (χ2n) is 4.11. The number of fused-ring (bicyclic) bond motifs is 1. The molecule has 0 saturated carbocycles. The van der Waals surface area contributed by atoms with E-state index in [0.717, 1.165) is 22.6 Å². The van der Waals surface area contributed by atoms with Crippen molar-refractivity contribution in [3.05, 3.63) is 51.7 Å². The lowest BCUT2D eigenvalue weighted by Gasteiger charge is -2.03. The van der Waals surface area contributed by atoms with Crippen molar-refractivity contribution in [3.63, 3.8) is 0 Å². The van der Waals surface area contributed by atoms with Crippen molar-refractivity contribution < 1.29 is 4.92 Å². The van der Waals surface area contributed by atoms with Gasteiger partial charge >= 0.3 is 0 Å². The molecule has 0 amide bonds. The fourth-order valence-electron chi connectivity index (χ4n) is 2.13. The molecule has 19 heavy (non-hydrogen) atoms. The number of benzene rings is 1. The Balaban J connectivity index is 2.25. The third kappa shape index (κ3) is 1.90. The summed E-state index contributed by atoms with van der Waals surface area (Å²) in [6, 6.07) is 6.73. The number of aromatic nitrogens is 2. The molecule has 0 saturated heterocycles. The molecule has 3 rings (SSSR count). The van der Waals surface area contributed by atoms with Crippen molar-refractivity contribution in [1.29, 1.82) is 0 Å². The number of nitrogens with zero attached hydrogens (tertiary/aromatic N) is 3. The fourth-order valence-corrected chi connectivity index (χ4v) is 3.18. The van der Waals surface area contributed by atoms with Crippen LogP contribution in [0, 0.1) is 10.1 Å². The molecule has 2 aromatic heterocycles. The van der Waals surface area contributed by atoms with Crippen LogP contribution >= 0.6 is 11.3 Å². The van der Waals surface area contributed by atoms with Gasteiger partial charge in [0, 0.05) is 35.0 Å². The van der Waals surface area contributed by atoms with Crippen molar-refractivity contribution in [2.75, 3.05) is 0 Å². The number of imidazole rings is 1. The zero-order valence-corrected chi connectivity index (χ0v) is 11.1. The molecule has 0 bridgehead atoms. The number of hydrogen-bond donors (Lipinski definition) is 0. The van der Waals surface area contributed by atoms with Crippen LogP contribution in [-0.2, 0) is 6.42 Å². The smallest absolute Gasteiger partial charge is 0.270 e. The number of thiazole rings is 1. The molecule has 0 aliphatic rings. The normalized spacial score (nSPS) is 11.0. The highest BCUT2D eigenvalue weighted by atomic mass is 32.1. The van der Waals surface area contributed by atoms with Crippen molar-refractivity contribution in [2.24, 2.45) is 0 Å². The molecule has 2 heterocycles. The van der Waals surface area contributed by atoms with Crippen LogP contribution in [-0.4, -0.2) is 14.3 Å². The van der Waals surface area contributed by atoms with Gasteiger partial charge in [0.05, 0.1) is 10.6 Å². The zero-order chi connectivity index (χ0) is 13.4. The second kappa shape index (κ2) is 4.47. The summed E-state index contributed by atoms with van der Waals surface area (Å²) in [4.78, 5) is 16.9. The first-order valence-corrected chi connectivity index (χ1v) is 6.72. The van der Waals surface area contributed by atoms with Crippen molar-refractivity contribution in [2.45, 2.75) is 13.3 Å². The van der Waals surface area contributed by atoms with E-state index < -0.39 is 0 Å². The van der Waals surface area contributed by atoms with Gasteiger partial charge in [-0.1, -0.05) is 19.1 Å². The molecule has 0 N–H and O–H groups in total. The Morgan fingerprint density at radius 2 is 2.32 bits per heavy atom. The van der Waals surface area contributed by atoms with E-state index in [1.807, 2.05) is 16.7 Å². The highest BCUT2D eigenvalue weighted by Crippen LogP contribution is 2.33. The SMILES string of the molecule is CCc1sc2nccn2c1-c1cccc([N+](=O)[O-])c1. The predicted molar refractivity (Wildman–Crippen MR) is 74.5 cm³/mol. The van der Waals surface area contributed by atoms with Crippen LogP contribution < -0.4 is 0 Å². The summed E-state index contributed by atoms with van der Waals surface area (Å²) in [5, 5.41) is 10.9. The van der Waals surface area contributed by atoms with E-state index >= 15 is 0 Å². The molecule has 0 aliphatic heterocycles. The van der Waals surface area contributed by atoms with E-state index in [9.17, 15) is 10.1 Å². The Kier molecular flexibility index (Phi) is 2.79. The summed E-state index contributed by atoms with van der Waals surface area (Å²) in [7, 11) is 0. The van der Waals surface area contributed by atoms with E-state index in [-0.39, 0.29) is 10.6 Å². The lowest BCUT2D eigenvalue weighted by molar-refractivity contribution is -0.384. The predicted octanol–water partition coefficient (Wildman–Crippen LogP) is 3.53. The summed E-state index contributed by atoms with van der Waals surface area (Å²) in [5.74, 6) is 0. The molecule has 5 nitrogen and oxygen atoms in total. The van der Waals surface area contributed by atoms with Crippen LogP contribution in [0.15, 0.2) is 36.7 Å². The molecule has 3 aromatic rings. The molecular weight excluding hydrogens is 262 g/mol. The summed E-state index contributed by atoms with van der Waals surface area (Å²) >= 11 is 1.62. The highest BCUT2D eigenvalue weighted by molar-refractivity contribution is 7.17. The topological polar surface area (TPSA) is 60.4 Å². The average Bonchev–Trinajstić information content (AvgIpc) is 2.98. The maximum Gasteiger partial charge on any atom is 0.270 e. The van der Waals surface area contributed by atoms with E-state index in [1.54, 1.807) is 29.7 Å².